The van der Waals surface area contributed by atoms with Gasteiger partial charge in [0.05, 0.1) is 12.6 Å². The minimum Gasteiger partial charge on any atom is -0.461 e. The second-order valence-electron chi connectivity index (χ2n) is 15.1. The number of esters is 2. The fraction of sp³-hybridized carbons (Fsp3) is 0.864. The number of unbranched alkanes of at least 4 members (excludes halogenated alkanes) is 22. The van der Waals surface area contributed by atoms with Crippen molar-refractivity contribution in [2.45, 2.75) is 232 Å². The van der Waals surface area contributed by atoms with Crippen molar-refractivity contribution < 1.29 is 41.3 Å². The molecule has 0 saturated heterocycles. The molecule has 326 valence electrons. The van der Waals surface area contributed by atoms with E-state index in [0.717, 1.165) is 58.5 Å². The van der Waals surface area contributed by atoms with Crippen molar-refractivity contribution in [3.05, 3.63) is 24.3 Å². The molecular formula is C44H85NO9S. The molecule has 0 saturated carbocycles. The van der Waals surface area contributed by atoms with Crippen molar-refractivity contribution in [2.24, 2.45) is 5.73 Å². The number of carbonyl (C=O) groups is 2. The van der Waals surface area contributed by atoms with Crippen LogP contribution >= 0.6 is 0 Å². The van der Waals surface area contributed by atoms with Gasteiger partial charge in [-0.2, -0.15) is 8.42 Å². The van der Waals surface area contributed by atoms with Crippen molar-refractivity contribution in [1.29, 1.82) is 0 Å². The highest BCUT2D eigenvalue weighted by molar-refractivity contribution is 7.80. The number of nitrogens with two attached hydrogens (primary N) is 1. The zero-order chi connectivity index (χ0) is 41.5. The van der Waals surface area contributed by atoms with E-state index in [1.807, 2.05) is 0 Å². The molecular weight excluding hydrogens is 719 g/mol. The Kier molecular flexibility index (Phi) is 39.3. The average Bonchev–Trinajstić information content (AvgIpc) is 3.14. The largest absolute Gasteiger partial charge is 0.461 e. The van der Waals surface area contributed by atoms with E-state index in [1.54, 1.807) is 13.8 Å². The maximum Gasteiger partial charge on any atom is 0.397 e. The van der Waals surface area contributed by atoms with Crippen LogP contribution in [0, 0.1) is 0 Å². The van der Waals surface area contributed by atoms with Gasteiger partial charge in [0.1, 0.15) is 12.2 Å². The lowest BCUT2D eigenvalue weighted by molar-refractivity contribution is -0.163. The third-order valence-corrected chi connectivity index (χ3v) is 10.6. The molecule has 0 aromatic carbocycles. The third-order valence-electron chi connectivity index (χ3n) is 10.2. The molecule has 2 unspecified atom stereocenters. The molecule has 55 heavy (non-hydrogen) atoms. The van der Waals surface area contributed by atoms with Gasteiger partial charge in [-0.05, 0) is 84.5 Å². The van der Waals surface area contributed by atoms with Crippen LogP contribution in [0.15, 0.2) is 24.3 Å². The maximum atomic E-state index is 12.6. The molecule has 0 aromatic heterocycles. The number of aliphatic hydroxyl groups is 1. The summed E-state index contributed by atoms with van der Waals surface area (Å²) in [6.07, 6.45) is 40.2. The third kappa shape index (κ3) is 37.5. The van der Waals surface area contributed by atoms with E-state index in [0.29, 0.717) is 12.8 Å². The lowest BCUT2D eigenvalue weighted by atomic mass is 9.85. The van der Waals surface area contributed by atoms with E-state index in [2.05, 4.69) is 42.3 Å². The molecule has 0 aliphatic carbocycles. The highest BCUT2D eigenvalue weighted by Crippen LogP contribution is 2.24. The topological polar surface area (TPSA) is 162 Å². The SMILES string of the molecule is CCCCCCCCC=CCCCCCCCC(=O)OC(C)C(N)(CCO)C(C)OC(=O)CCCCCCCC=CCCCCCCCC.COS(=O)(=O)O. The minimum absolute atomic E-state index is 0.177. The summed E-state index contributed by atoms with van der Waals surface area (Å²) in [7, 11) is -3.29. The number of carbonyl (C=O) groups excluding carboxylic acids is 2. The van der Waals surface area contributed by atoms with Gasteiger partial charge < -0.3 is 20.3 Å². The van der Waals surface area contributed by atoms with Gasteiger partial charge in [-0.15, -0.1) is 0 Å². The second-order valence-corrected chi connectivity index (χ2v) is 16.3. The van der Waals surface area contributed by atoms with E-state index < -0.39 is 28.1 Å². The molecule has 0 aliphatic heterocycles. The molecule has 2 atom stereocenters. The van der Waals surface area contributed by atoms with Gasteiger partial charge in [-0.3, -0.25) is 18.3 Å². The first kappa shape index (κ1) is 55.3. The summed E-state index contributed by atoms with van der Waals surface area (Å²) < 4.78 is 41.1. The van der Waals surface area contributed by atoms with Crippen LogP contribution in [0.25, 0.3) is 0 Å². The summed E-state index contributed by atoms with van der Waals surface area (Å²) in [5.41, 5.74) is 5.49. The zero-order valence-electron chi connectivity index (χ0n) is 35.9. The quantitative estimate of drug-likeness (QED) is 0.0238. The normalized spacial score (nSPS) is 14.0. The number of allylic oxidation sites excluding steroid dienone is 4. The first-order valence-corrected chi connectivity index (χ1v) is 23.4. The number of hydrogen-bond acceptors (Lipinski definition) is 9. The summed E-state index contributed by atoms with van der Waals surface area (Å²) >= 11 is 0. The van der Waals surface area contributed by atoms with Crippen LogP contribution in [0.5, 0.6) is 0 Å². The molecule has 0 aliphatic rings. The number of aliphatic hydroxyl groups excluding tert-OH is 1. The standard InChI is InChI=1S/C43H81NO5.CH4O4S/c1-5-7-9-11-13-15-17-19-21-23-25-27-29-31-33-35-41(46)48-39(3)43(44,37-38-45)40(4)49-42(47)36-34-32-30-28-26-24-22-20-18-16-14-12-10-8-6-2;1-5-6(2,3)4/h19-22,39-40,45H,5-18,23-38,44H2,1-4H3;1H3,(H,2,3,4). The number of ether oxygens (including phenoxy) is 2. The van der Waals surface area contributed by atoms with Gasteiger partial charge in [0.25, 0.3) is 0 Å². The average molecular weight is 804 g/mol. The molecule has 11 heteroatoms. The van der Waals surface area contributed by atoms with Gasteiger partial charge in [-0.25, -0.2) is 0 Å². The Morgan fingerprint density at radius 1 is 0.582 bits per heavy atom. The molecule has 0 aromatic rings. The Balaban J connectivity index is 0. The van der Waals surface area contributed by atoms with E-state index in [-0.39, 0.29) is 25.0 Å². The summed E-state index contributed by atoms with van der Waals surface area (Å²) in [4.78, 5) is 25.2. The van der Waals surface area contributed by atoms with E-state index in [1.165, 1.54) is 116 Å². The van der Waals surface area contributed by atoms with Crippen molar-refractivity contribution >= 4 is 22.3 Å². The van der Waals surface area contributed by atoms with Crippen LogP contribution in [0.3, 0.4) is 0 Å². The molecule has 0 heterocycles. The monoisotopic (exact) mass is 804 g/mol. The summed E-state index contributed by atoms with van der Waals surface area (Å²) in [5.74, 6) is -0.575. The zero-order valence-corrected chi connectivity index (χ0v) is 36.7. The molecule has 0 spiro atoms. The van der Waals surface area contributed by atoms with Crippen LogP contribution in [-0.2, 0) is 33.6 Å². The Morgan fingerprint density at radius 2 is 0.855 bits per heavy atom. The predicted molar refractivity (Wildman–Crippen MR) is 227 cm³/mol. The van der Waals surface area contributed by atoms with E-state index in [4.69, 9.17) is 19.8 Å². The Bertz CT molecular complexity index is 988. The first-order chi connectivity index (χ1) is 26.4. The molecule has 4 N–H and O–H groups in total. The fourth-order valence-corrected chi connectivity index (χ4v) is 6.34. The molecule has 0 bridgehead atoms. The van der Waals surface area contributed by atoms with Gasteiger partial charge in [0, 0.05) is 19.4 Å². The summed E-state index contributed by atoms with van der Waals surface area (Å²) in [5, 5.41) is 9.70. The molecule has 0 amide bonds. The second kappa shape index (κ2) is 39.1. The van der Waals surface area contributed by atoms with Gasteiger partial charge >= 0.3 is 22.3 Å². The number of rotatable bonds is 37. The van der Waals surface area contributed by atoms with E-state index >= 15 is 0 Å². The van der Waals surface area contributed by atoms with Crippen LogP contribution in [0.4, 0.5) is 0 Å². The van der Waals surface area contributed by atoms with Crippen LogP contribution in [-0.4, -0.2) is 61.5 Å². The van der Waals surface area contributed by atoms with Crippen molar-refractivity contribution in [1.82, 2.24) is 0 Å². The van der Waals surface area contributed by atoms with Gasteiger partial charge in [0.2, 0.25) is 0 Å². The van der Waals surface area contributed by atoms with Crippen molar-refractivity contribution in [3.8, 4) is 0 Å². The van der Waals surface area contributed by atoms with Crippen LogP contribution in [0.1, 0.15) is 214 Å². The highest BCUT2D eigenvalue weighted by Gasteiger charge is 2.42. The Labute approximate surface area is 338 Å². The van der Waals surface area contributed by atoms with Gasteiger partial charge in [0.15, 0.2) is 0 Å². The maximum absolute atomic E-state index is 12.6. The Hall–Kier alpha value is -1.79. The molecule has 0 radical (unpaired) electrons. The molecule has 0 rings (SSSR count). The molecule has 0 fully saturated rings. The number of hydrogen-bond donors (Lipinski definition) is 3. The fourth-order valence-electron chi connectivity index (χ4n) is 6.34. The predicted octanol–water partition coefficient (Wildman–Crippen LogP) is 11.4. The van der Waals surface area contributed by atoms with E-state index in [9.17, 15) is 23.1 Å². The van der Waals surface area contributed by atoms with Crippen molar-refractivity contribution in [3.63, 3.8) is 0 Å². The lowest BCUT2D eigenvalue weighted by Crippen LogP contribution is -2.60. The van der Waals surface area contributed by atoms with Crippen LogP contribution < -0.4 is 5.73 Å². The lowest BCUT2D eigenvalue weighted by Gasteiger charge is -2.38. The smallest absolute Gasteiger partial charge is 0.397 e. The first-order valence-electron chi connectivity index (χ1n) is 22.0. The highest BCUT2D eigenvalue weighted by atomic mass is 32.3. The van der Waals surface area contributed by atoms with Gasteiger partial charge in [-0.1, -0.05) is 141 Å². The van der Waals surface area contributed by atoms with Crippen molar-refractivity contribution in [2.75, 3.05) is 13.7 Å². The molecule has 10 nitrogen and oxygen atoms in total. The summed E-state index contributed by atoms with van der Waals surface area (Å²) in [6.45, 7) is 7.81. The Morgan fingerprint density at radius 3 is 1.13 bits per heavy atom. The minimum atomic E-state index is -4.16. The van der Waals surface area contributed by atoms with Crippen LogP contribution in [0.2, 0.25) is 0 Å². The summed E-state index contributed by atoms with van der Waals surface area (Å²) in [6, 6.07) is 0.